The number of hydrogen-bond donors (Lipinski definition) is 1. The van der Waals surface area contributed by atoms with Crippen LogP contribution < -0.4 is 0 Å². The fourth-order valence-corrected chi connectivity index (χ4v) is 4.85. The maximum Gasteiger partial charge on any atom is 0.333 e. The number of aliphatic hydroxyl groups excluding tert-OH is 1. The first-order valence-electron chi connectivity index (χ1n) is 10.8. The molecule has 2 aromatic heterocycles. The van der Waals surface area contributed by atoms with Gasteiger partial charge in [0.15, 0.2) is 0 Å². The third-order valence-electron chi connectivity index (χ3n) is 6.77. The molecule has 0 unspecified atom stereocenters. The summed E-state index contributed by atoms with van der Waals surface area (Å²) in [5.74, 6) is -0.287. The van der Waals surface area contributed by atoms with E-state index >= 15 is 0 Å². The molecule has 2 aromatic rings. The first-order valence-corrected chi connectivity index (χ1v) is 10.8. The van der Waals surface area contributed by atoms with Gasteiger partial charge < -0.3 is 19.6 Å². The molecule has 5 rings (SSSR count). The average molecular weight is 439 g/mol. The number of β-amino-alcohol motifs (C(OH)–C–C–N with tert-alkyl or cyclic N) is 1. The first kappa shape index (κ1) is 20.7. The third kappa shape index (κ3) is 3.67. The van der Waals surface area contributed by atoms with Crippen molar-refractivity contribution in [2.24, 2.45) is 5.41 Å². The maximum absolute atomic E-state index is 13.1. The molecule has 0 bridgehead atoms. The Bertz CT molecular complexity index is 1060. The number of amides is 1. The monoisotopic (exact) mass is 439 g/mol. The molecular formula is C21H25N7O4. The van der Waals surface area contributed by atoms with Gasteiger partial charge in [-0.25, -0.2) is 4.79 Å². The Morgan fingerprint density at radius 1 is 1.19 bits per heavy atom. The molecule has 2 fully saturated rings. The van der Waals surface area contributed by atoms with Crippen LogP contribution >= 0.6 is 0 Å². The first-order chi connectivity index (χ1) is 15.4. The fraction of sp³-hybridized carbons (Fsp3) is 0.524. The van der Waals surface area contributed by atoms with Crippen LogP contribution in [0.2, 0.25) is 0 Å². The second-order valence-electron chi connectivity index (χ2n) is 8.64. The Morgan fingerprint density at radius 3 is 2.62 bits per heavy atom. The van der Waals surface area contributed by atoms with Gasteiger partial charge in [0.25, 0.3) is 0 Å². The van der Waals surface area contributed by atoms with Gasteiger partial charge in [0.1, 0.15) is 19.0 Å². The summed E-state index contributed by atoms with van der Waals surface area (Å²) in [6.07, 6.45) is 4.45. The predicted octanol–water partition coefficient (Wildman–Crippen LogP) is 0.154. The van der Waals surface area contributed by atoms with Crippen molar-refractivity contribution in [2.45, 2.75) is 32.3 Å². The number of cyclic esters (lactones) is 1. The largest absolute Gasteiger partial charge is 0.456 e. The Balaban J connectivity index is 1.19. The molecule has 3 aliphatic rings. The van der Waals surface area contributed by atoms with Crippen molar-refractivity contribution in [2.75, 3.05) is 32.8 Å². The topological polar surface area (TPSA) is 127 Å². The Hall–Kier alpha value is -3.18. The van der Waals surface area contributed by atoms with Crippen LogP contribution in [-0.2, 0) is 14.3 Å². The number of nitrogens with zero attached hydrogens (tertiary/aromatic N) is 7. The molecular weight excluding hydrogens is 414 g/mol. The van der Waals surface area contributed by atoms with Gasteiger partial charge in [0.05, 0.1) is 28.2 Å². The third-order valence-corrected chi connectivity index (χ3v) is 6.77. The number of piperidine rings is 1. The predicted molar refractivity (Wildman–Crippen MR) is 110 cm³/mol. The van der Waals surface area contributed by atoms with E-state index in [4.69, 9.17) is 4.74 Å². The van der Waals surface area contributed by atoms with Gasteiger partial charge >= 0.3 is 5.97 Å². The van der Waals surface area contributed by atoms with Crippen LogP contribution in [0.3, 0.4) is 0 Å². The summed E-state index contributed by atoms with van der Waals surface area (Å²) < 4.78 is 6.50. The zero-order valence-electron chi connectivity index (χ0n) is 17.8. The molecule has 168 valence electrons. The Kier molecular flexibility index (Phi) is 5.22. The summed E-state index contributed by atoms with van der Waals surface area (Å²) in [6.45, 7) is 4.57. The molecule has 1 N–H and O–H groups in total. The van der Waals surface area contributed by atoms with E-state index in [1.54, 1.807) is 11.0 Å². The second-order valence-corrected chi connectivity index (χ2v) is 8.64. The standard InChI is InChI=1S/C21H25N7O4/c1-14-17(28-13-22-24-25-28)3-2-16(23-14)18(29)11-26-7-4-21(5-8-26)6-9-27(20(21)31)15-10-19(30)32-12-15/h2-3,10,13,18,29H,4-9,11-12H2,1H3/t18-/m0/s1. The van der Waals surface area contributed by atoms with Crippen molar-refractivity contribution in [3.8, 4) is 5.69 Å². The highest BCUT2D eigenvalue weighted by molar-refractivity contribution is 5.90. The molecule has 1 amide bonds. The smallest absolute Gasteiger partial charge is 0.333 e. The molecule has 0 saturated carbocycles. The molecule has 0 aliphatic carbocycles. The molecule has 3 aliphatic heterocycles. The number of carbonyl (C=O) groups is 2. The summed E-state index contributed by atoms with van der Waals surface area (Å²) in [4.78, 5) is 32.9. The molecule has 0 radical (unpaired) electrons. The minimum absolute atomic E-state index is 0.0951. The molecule has 1 spiro atoms. The van der Waals surface area contributed by atoms with Gasteiger partial charge in [0, 0.05) is 19.2 Å². The maximum atomic E-state index is 13.1. The zero-order valence-corrected chi connectivity index (χ0v) is 17.8. The van der Waals surface area contributed by atoms with E-state index < -0.39 is 6.10 Å². The summed E-state index contributed by atoms with van der Waals surface area (Å²) in [5, 5.41) is 21.9. The highest BCUT2D eigenvalue weighted by Gasteiger charge is 2.49. The van der Waals surface area contributed by atoms with E-state index in [-0.39, 0.29) is 23.9 Å². The fourth-order valence-electron chi connectivity index (χ4n) is 4.85. The van der Waals surface area contributed by atoms with Crippen molar-refractivity contribution in [3.05, 3.63) is 41.6 Å². The Labute approximate surface area is 184 Å². The number of pyridine rings is 1. The highest BCUT2D eigenvalue weighted by Crippen LogP contribution is 2.43. The Morgan fingerprint density at radius 2 is 1.97 bits per heavy atom. The van der Waals surface area contributed by atoms with Gasteiger partial charge in [-0.1, -0.05) is 0 Å². The summed E-state index contributed by atoms with van der Waals surface area (Å²) in [6, 6.07) is 3.64. The van der Waals surface area contributed by atoms with Crippen LogP contribution in [0, 0.1) is 12.3 Å². The molecule has 0 aromatic carbocycles. The molecule has 11 heteroatoms. The van der Waals surface area contributed by atoms with Crippen LogP contribution in [-0.4, -0.2) is 84.8 Å². The van der Waals surface area contributed by atoms with Gasteiger partial charge in [0.2, 0.25) is 5.91 Å². The number of esters is 1. The van der Waals surface area contributed by atoms with Crippen molar-refractivity contribution in [1.29, 1.82) is 0 Å². The van der Waals surface area contributed by atoms with Crippen LogP contribution in [0.25, 0.3) is 5.69 Å². The number of ether oxygens (including phenoxy) is 1. The quantitative estimate of drug-likeness (QED) is 0.648. The number of likely N-dealkylation sites (tertiary alicyclic amines) is 2. The summed E-state index contributed by atoms with van der Waals surface area (Å²) >= 11 is 0. The van der Waals surface area contributed by atoms with E-state index in [1.165, 1.54) is 17.1 Å². The van der Waals surface area contributed by atoms with Gasteiger partial charge in [-0.15, -0.1) is 5.10 Å². The van der Waals surface area contributed by atoms with Crippen LogP contribution in [0.4, 0.5) is 0 Å². The molecule has 32 heavy (non-hydrogen) atoms. The lowest BCUT2D eigenvalue weighted by Gasteiger charge is -2.38. The number of rotatable bonds is 5. The number of tetrazole rings is 1. The minimum atomic E-state index is -0.728. The van der Waals surface area contributed by atoms with E-state index in [1.807, 2.05) is 13.0 Å². The number of aromatic nitrogens is 5. The molecule has 11 nitrogen and oxygen atoms in total. The van der Waals surface area contributed by atoms with Crippen LogP contribution in [0.5, 0.6) is 0 Å². The lowest BCUT2D eigenvalue weighted by Crippen LogP contribution is -2.45. The minimum Gasteiger partial charge on any atom is -0.456 e. The van der Waals surface area contributed by atoms with Crippen molar-refractivity contribution >= 4 is 11.9 Å². The number of aliphatic hydroxyl groups is 1. The number of carbonyl (C=O) groups excluding carboxylic acids is 2. The average Bonchev–Trinajstić information content (AvgIpc) is 3.52. The van der Waals surface area contributed by atoms with E-state index in [9.17, 15) is 14.7 Å². The molecule has 1 atom stereocenters. The summed E-state index contributed by atoms with van der Waals surface area (Å²) in [7, 11) is 0. The van der Waals surface area contributed by atoms with Gasteiger partial charge in [-0.2, -0.15) is 4.68 Å². The molecule has 2 saturated heterocycles. The number of aryl methyl sites for hydroxylation is 1. The van der Waals surface area contributed by atoms with E-state index in [0.717, 1.165) is 43.7 Å². The summed E-state index contributed by atoms with van der Waals surface area (Å²) in [5.41, 5.74) is 2.38. The van der Waals surface area contributed by atoms with Crippen molar-refractivity contribution in [1.82, 2.24) is 35.0 Å². The highest BCUT2D eigenvalue weighted by atomic mass is 16.5. The lowest BCUT2D eigenvalue weighted by molar-refractivity contribution is -0.138. The van der Waals surface area contributed by atoms with E-state index in [0.29, 0.717) is 24.5 Å². The molecule has 5 heterocycles. The number of hydrogen-bond acceptors (Lipinski definition) is 9. The van der Waals surface area contributed by atoms with Crippen LogP contribution in [0.15, 0.2) is 30.2 Å². The zero-order chi connectivity index (χ0) is 22.3. The van der Waals surface area contributed by atoms with Crippen LogP contribution in [0.1, 0.15) is 36.8 Å². The van der Waals surface area contributed by atoms with Gasteiger partial charge in [-0.05, 0) is 61.8 Å². The lowest BCUT2D eigenvalue weighted by atomic mass is 9.77. The normalized spacial score (nSPS) is 21.8. The van der Waals surface area contributed by atoms with Gasteiger partial charge in [-0.3, -0.25) is 9.78 Å². The SMILES string of the molecule is Cc1nc([C@@H](O)CN2CCC3(CC2)CCN(C2=CC(=O)OC2)C3=O)ccc1-n1cnnn1. The second kappa shape index (κ2) is 8.06. The van der Waals surface area contributed by atoms with E-state index in [2.05, 4.69) is 25.4 Å². The van der Waals surface area contributed by atoms with Crippen molar-refractivity contribution < 1.29 is 19.4 Å². The van der Waals surface area contributed by atoms with Crippen molar-refractivity contribution in [3.63, 3.8) is 0 Å².